The van der Waals surface area contributed by atoms with Crippen LogP contribution >= 0.6 is 0 Å². The third kappa shape index (κ3) is 3.47. The number of benzene rings is 1. The fourth-order valence-electron chi connectivity index (χ4n) is 1.46. The number of halogens is 2. The van der Waals surface area contributed by atoms with Gasteiger partial charge in [-0.15, -0.1) is 0 Å². The van der Waals surface area contributed by atoms with E-state index in [4.69, 9.17) is 0 Å². The van der Waals surface area contributed by atoms with Crippen LogP contribution in [-0.4, -0.2) is 13.2 Å². The van der Waals surface area contributed by atoms with Gasteiger partial charge in [0.1, 0.15) is 5.75 Å². The van der Waals surface area contributed by atoms with Gasteiger partial charge in [-0.05, 0) is 19.5 Å². The number of ether oxygens (including phenoxy) is 1. The van der Waals surface area contributed by atoms with Crippen LogP contribution in [0.1, 0.15) is 25.5 Å². The summed E-state index contributed by atoms with van der Waals surface area (Å²) < 4.78 is 28.7. The summed E-state index contributed by atoms with van der Waals surface area (Å²) in [4.78, 5) is 0. The molecule has 15 heavy (non-hydrogen) atoms. The summed E-state index contributed by atoms with van der Waals surface area (Å²) in [5.41, 5.74) is 0.750. The van der Waals surface area contributed by atoms with Crippen molar-refractivity contribution < 1.29 is 13.5 Å². The van der Waals surface area contributed by atoms with E-state index in [1.165, 1.54) is 0 Å². The molecule has 1 rings (SSSR count). The third-order valence-electron chi connectivity index (χ3n) is 2.11. The first-order chi connectivity index (χ1) is 7.15. The molecule has 4 heteroatoms. The van der Waals surface area contributed by atoms with Crippen LogP contribution in [0.15, 0.2) is 24.3 Å². The van der Waals surface area contributed by atoms with Gasteiger partial charge in [-0.1, -0.05) is 25.1 Å². The lowest BCUT2D eigenvalue weighted by atomic mass is 10.1. The molecule has 0 aliphatic rings. The summed E-state index contributed by atoms with van der Waals surface area (Å²) in [6.07, 6.45) is 0. The van der Waals surface area contributed by atoms with Gasteiger partial charge in [0, 0.05) is 11.6 Å². The molecule has 0 radical (unpaired) electrons. The molecule has 0 fully saturated rings. The van der Waals surface area contributed by atoms with Crippen molar-refractivity contribution in [3.63, 3.8) is 0 Å². The molecule has 84 valence electrons. The van der Waals surface area contributed by atoms with E-state index in [0.717, 1.165) is 12.1 Å². The molecule has 0 saturated heterocycles. The van der Waals surface area contributed by atoms with Crippen LogP contribution in [0.4, 0.5) is 8.78 Å². The van der Waals surface area contributed by atoms with Gasteiger partial charge < -0.3 is 10.1 Å². The lowest BCUT2D eigenvalue weighted by molar-refractivity contribution is -0.0506. The second kappa shape index (κ2) is 5.66. The van der Waals surface area contributed by atoms with Crippen molar-refractivity contribution in [2.24, 2.45) is 0 Å². The average molecular weight is 215 g/mol. The van der Waals surface area contributed by atoms with Gasteiger partial charge in [-0.3, -0.25) is 0 Å². The standard InChI is InChI=1S/C11H15F2NO/c1-3-14-8(2)9-6-4-5-7-10(9)15-11(12)13/h4-8,11,14H,3H2,1-2H3/t8-/m0/s1. The van der Waals surface area contributed by atoms with Crippen molar-refractivity contribution in [1.29, 1.82) is 0 Å². The van der Waals surface area contributed by atoms with Crippen LogP contribution in [0.5, 0.6) is 5.75 Å². The van der Waals surface area contributed by atoms with E-state index in [0.29, 0.717) is 0 Å². The molecule has 0 aliphatic heterocycles. The minimum Gasteiger partial charge on any atom is -0.434 e. The molecule has 0 unspecified atom stereocenters. The largest absolute Gasteiger partial charge is 0.434 e. The number of rotatable bonds is 5. The first-order valence-corrected chi connectivity index (χ1v) is 4.92. The molecule has 0 spiro atoms. The lowest BCUT2D eigenvalue weighted by Gasteiger charge is -2.16. The normalized spacial score (nSPS) is 12.9. The number of para-hydroxylation sites is 1. The zero-order valence-corrected chi connectivity index (χ0v) is 8.84. The maximum atomic E-state index is 12.1. The van der Waals surface area contributed by atoms with E-state index in [1.54, 1.807) is 18.2 Å². The Morgan fingerprint density at radius 3 is 2.60 bits per heavy atom. The van der Waals surface area contributed by atoms with Crippen LogP contribution in [0.25, 0.3) is 0 Å². The van der Waals surface area contributed by atoms with Crippen molar-refractivity contribution in [1.82, 2.24) is 5.32 Å². The molecule has 0 aliphatic carbocycles. The fraction of sp³-hybridized carbons (Fsp3) is 0.455. The van der Waals surface area contributed by atoms with Crippen LogP contribution in [0.3, 0.4) is 0 Å². The Kier molecular flexibility index (Phi) is 4.49. The molecule has 1 N–H and O–H groups in total. The van der Waals surface area contributed by atoms with Gasteiger partial charge >= 0.3 is 6.61 Å². The van der Waals surface area contributed by atoms with Gasteiger partial charge in [0.05, 0.1) is 0 Å². The highest BCUT2D eigenvalue weighted by atomic mass is 19.3. The van der Waals surface area contributed by atoms with E-state index >= 15 is 0 Å². The summed E-state index contributed by atoms with van der Waals surface area (Å²) in [6.45, 7) is 1.88. The van der Waals surface area contributed by atoms with E-state index < -0.39 is 6.61 Å². The molecule has 1 aromatic carbocycles. The summed E-state index contributed by atoms with van der Waals surface area (Å²) in [5, 5.41) is 3.15. The Balaban J connectivity index is 2.85. The Bertz CT molecular complexity index is 304. The van der Waals surface area contributed by atoms with Crippen LogP contribution < -0.4 is 10.1 Å². The predicted molar refractivity (Wildman–Crippen MR) is 55.2 cm³/mol. The van der Waals surface area contributed by atoms with Crippen molar-refractivity contribution in [3.05, 3.63) is 29.8 Å². The summed E-state index contributed by atoms with van der Waals surface area (Å²) >= 11 is 0. The molecule has 0 amide bonds. The molecule has 0 aromatic heterocycles. The van der Waals surface area contributed by atoms with E-state index in [2.05, 4.69) is 10.1 Å². The molecule has 0 saturated carbocycles. The molecule has 1 aromatic rings. The molecular formula is C11H15F2NO. The van der Waals surface area contributed by atoms with Crippen molar-refractivity contribution in [3.8, 4) is 5.75 Å². The maximum Gasteiger partial charge on any atom is 0.387 e. The van der Waals surface area contributed by atoms with Crippen molar-refractivity contribution in [2.75, 3.05) is 6.54 Å². The second-order valence-electron chi connectivity index (χ2n) is 3.20. The monoisotopic (exact) mass is 215 g/mol. The zero-order valence-electron chi connectivity index (χ0n) is 8.84. The minimum absolute atomic E-state index is 0.00458. The Morgan fingerprint density at radius 1 is 1.33 bits per heavy atom. The van der Waals surface area contributed by atoms with Crippen molar-refractivity contribution >= 4 is 0 Å². The average Bonchev–Trinajstić information content (AvgIpc) is 2.18. The third-order valence-corrected chi connectivity index (χ3v) is 2.11. The first-order valence-electron chi connectivity index (χ1n) is 4.92. The number of nitrogens with one attached hydrogen (secondary N) is 1. The summed E-state index contributed by atoms with van der Waals surface area (Å²) in [7, 11) is 0. The molecular weight excluding hydrogens is 200 g/mol. The van der Waals surface area contributed by atoms with Gasteiger partial charge in [0.2, 0.25) is 0 Å². The molecule has 1 atom stereocenters. The number of alkyl halides is 2. The van der Waals surface area contributed by atoms with Gasteiger partial charge in [0.25, 0.3) is 0 Å². The number of hydrogen-bond acceptors (Lipinski definition) is 2. The Hall–Kier alpha value is -1.16. The highest BCUT2D eigenvalue weighted by Crippen LogP contribution is 2.25. The lowest BCUT2D eigenvalue weighted by Crippen LogP contribution is -2.19. The van der Waals surface area contributed by atoms with Crippen LogP contribution in [0, 0.1) is 0 Å². The van der Waals surface area contributed by atoms with Crippen LogP contribution in [-0.2, 0) is 0 Å². The highest BCUT2D eigenvalue weighted by molar-refractivity contribution is 5.35. The topological polar surface area (TPSA) is 21.3 Å². The van der Waals surface area contributed by atoms with Gasteiger partial charge in [-0.25, -0.2) is 0 Å². The van der Waals surface area contributed by atoms with Gasteiger partial charge in [0.15, 0.2) is 0 Å². The summed E-state index contributed by atoms with van der Waals surface area (Å²) in [5.74, 6) is 0.237. The van der Waals surface area contributed by atoms with E-state index in [-0.39, 0.29) is 11.8 Å². The number of hydrogen-bond donors (Lipinski definition) is 1. The minimum atomic E-state index is -2.78. The zero-order chi connectivity index (χ0) is 11.3. The molecule has 0 heterocycles. The van der Waals surface area contributed by atoms with Crippen LogP contribution in [0.2, 0.25) is 0 Å². The van der Waals surface area contributed by atoms with Gasteiger partial charge in [-0.2, -0.15) is 8.78 Å². The highest BCUT2D eigenvalue weighted by Gasteiger charge is 2.13. The SMILES string of the molecule is CCN[C@@H](C)c1ccccc1OC(F)F. The Morgan fingerprint density at radius 2 is 2.00 bits per heavy atom. The second-order valence-corrected chi connectivity index (χ2v) is 3.20. The summed E-state index contributed by atoms with van der Waals surface area (Å²) in [6, 6.07) is 6.83. The molecule has 0 bridgehead atoms. The maximum absolute atomic E-state index is 12.1. The smallest absolute Gasteiger partial charge is 0.387 e. The Labute approximate surface area is 88.3 Å². The predicted octanol–water partition coefficient (Wildman–Crippen LogP) is 2.96. The van der Waals surface area contributed by atoms with Crippen molar-refractivity contribution in [2.45, 2.75) is 26.5 Å². The fourth-order valence-corrected chi connectivity index (χ4v) is 1.46. The van der Waals surface area contributed by atoms with E-state index in [1.807, 2.05) is 19.9 Å². The first kappa shape index (κ1) is 11.9. The quantitative estimate of drug-likeness (QED) is 0.815. The van der Waals surface area contributed by atoms with E-state index in [9.17, 15) is 8.78 Å². The molecule has 2 nitrogen and oxygen atoms in total.